The maximum Gasteiger partial charge on any atom is 0.322 e. The summed E-state index contributed by atoms with van der Waals surface area (Å²) < 4.78 is 74.3. The number of hydrogen-bond donors (Lipinski definition) is 8. The minimum absolute atomic E-state index is 0. The van der Waals surface area contributed by atoms with Crippen LogP contribution in [0.4, 0.5) is 31.0 Å². The van der Waals surface area contributed by atoms with E-state index in [-0.39, 0.29) is 201 Å². The van der Waals surface area contributed by atoms with Crippen LogP contribution >= 0.6 is 0 Å². The third kappa shape index (κ3) is 20.0. The van der Waals surface area contributed by atoms with E-state index in [0.717, 1.165) is 67.7 Å². The van der Waals surface area contributed by atoms with E-state index in [1.165, 1.54) is 78.1 Å². The van der Waals surface area contributed by atoms with Gasteiger partial charge in [-0.05, 0) is 146 Å². The number of anilines is 3. The number of urea groups is 1. The van der Waals surface area contributed by atoms with Crippen molar-refractivity contribution in [3.63, 3.8) is 0 Å². The van der Waals surface area contributed by atoms with Gasteiger partial charge in [0.1, 0.15) is 96.4 Å². The molecule has 786 valence electrons. The van der Waals surface area contributed by atoms with E-state index in [1.54, 1.807) is 97.1 Å². The third-order valence-corrected chi connectivity index (χ3v) is 27.6. The number of β-amino-alcohol motifs (C(OH)–C–C–N with tert-alkyl or cyclic N) is 1. The number of fused-ring (bicyclic) bond motifs is 8. The number of pyridine rings is 3. The van der Waals surface area contributed by atoms with Crippen molar-refractivity contribution >= 4 is 150 Å². The van der Waals surface area contributed by atoms with Crippen LogP contribution < -0.4 is 66.0 Å². The van der Waals surface area contributed by atoms with E-state index >= 15 is 0 Å². The fourth-order valence-corrected chi connectivity index (χ4v) is 20.1. The van der Waals surface area contributed by atoms with Crippen molar-refractivity contribution in [1.82, 2.24) is 76.3 Å². The monoisotopic (exact) mass is 2060 g/mol. The molecule has 6 saturated heterocycles. The molecule has 17 heterocycles. The van der Waals surface area contributed by atoms with Gasteiger partial charge in [-0.2, -0.15) is 4.98 Å². The topological polar surface area (TPSA) is 515 Å². The van der Waals surface area contributed by atoms with Crippen molar-refractivity contribution in [3.05, 3.63) is 224 Å². The van der Waals surface area contributed by atoms with Gasteiger partial charge in [0.2, 0.25) is 53.0 Å². The van der Waals surface area contributed by atoms with E-state index in [2.05, 4.69) is 63.9 Å². The predicted molar refractivity (Wildman–Crippen MR) is 540 cm³/mol. The molecule has 12 aromatic rings. The van der Waals surface area contributed by atoms with Gasteiger partial charge in [0.15, 0.2) is 28.3 Å². The average molecular weight is 2060 g/mol. The number of amides is 16. The molecule has 0 bridgehead atoms. The number of imide groups is 4. The van der Waals surface area contributed by atoms with Gasteiger partial charge in [0.05, 0.1) is 84.4 Å². The number of hydrogen-bond acceptors (Lipinski definition) is 30. The number of aromatic nitrogens is 3. The van der Waals surface area contributed by atoms with E-state index in [4.69, 9.17) is 41.6 Å². The first-order chi connectivity index (χ1) is 70.0. The van der Waals surface area contributed by atoms with E-state index < -0.39 is 98.7 Å². The van der Waals surface area contributed by atoms with Gasteiger partial charge in [-0.25, -0.2) is 23.5 Å². The van der Waals surface area contributed by atoms with Crippen LogP contribution in [0.2, 0.25) is 0 Å². The highest BCUT2D eigenvalue weighted by atomic mass is 19.1. The van der Waals surface area contributed by atoms with E-state index in [0.29, 0.717) is 91.4 Å². The van der Waals surface area contributed by atoms with Crippen LogP contribution in [0.3, 0.4) is 0 Å². The zero-order valence-electron chi connectivity index (χ0n) is 80.2. The number of halogens is 2. The number of nitrogens with zero attached hydrogens (tertiary/aromatic N) is 11. The van der Waals surface area contributed by atoms with Crippen molar-refractivity contribution in [2.24, 2.45) is 0 Å². The van der Waals surface area contributed by atoms with Crippen molar-refractivity contribution in [2.75, 3.05) is 136 Å². The summed E-state index contributed by atoms with van der Waals surface area (Å²) in [7, 11) is 9.59. The quantitative estimate of drug-likeness (QED) is 0.0195. The highest BCUT2D eigenvalue weighted by molar-refractivity contribution is 6.14. The molecule has 150 heavy (non-hydrogen) atoms. The molecule has 0 saturated carbocycles. The molecule has 8 N–H and O–H groups in total. The summed E-state index contributed by atoms with van der Waals surface area (Å²) in [5, 5.41) is 27.9. The van der Waals surface area contributed by atoms with Crippen LogP contribution in [0.5, 0.6) is 23.0 Å². The van der Waals surface area contributed by atoms with Crippen LogP contribution in [0.15, 0.2) is 157 Å². The van der Waals surface area contributed by atoms with Crippen molar-refractivity contribution in [1.29, 1.82) is 0 Å². The fourth-order valence-electron chi connectivity index (χ4n) is 20.1. The highest BCUT2D eigenvalue weighted by Crippen LogP contribution is 2.46. The number of carbonyl (C=O) groups excluding carboxylic acids is 15. The number of piperazine rings is 1. The Kier molecular flexibility index (Phi) is 30.4. The number of likely N-dealkylation sites (N-methyl/N-ethyl adjacent to an activating group) is 1. The van der Waals surface area contributed by atoms with Gasteiger partial charge in [-0.1, -0.05) is 60.9 Å². The second-order valence-corrected chi connectivity index (χ2v) is 37.5. The number of benzene rings is 5. The maximum atomic E-state index is 14.9. The molecule has 42 nitrogen and oxygen atoms in total. The van der Waals surface area contributed by atoms with Crippen molar-refractivity contribution in [3.8, 4) is 23.0 Å². The molecular formula is C106H114F2N18O24. The van der Waals surface area contributed by atoms with E-state index in [9.17, 15) is 85.8 Å². The van der Waals surface area contributed by atoms with Crippen LogP contribution in [-0.2, 0) is 91.1 Å². The molecule has 16 amide bonds. The zero-order chi connectivity index (χ0) is 103. The van der Waals surface area contributed by atoms with Gasteiger partial charge in [-0.15, -0.1) is 0 Å². The molecule has 0 aliphatic carbocycles. The Morgan fingerprint density at radius 1 is 0.507 bits per heavy atom. The number of nitrogens with one attached hydrogen (secondary N) is 7. The summed E-state index contributed by atoms with van der Waals surface area (Å²) >= 11 is 0. The number of furan rings is 4. The lowest BCUT2D eigenvalue weighted by atomic mass is 9.82. The lowest BCUT2D eigenvalue weighted by Gasteiger charge is -2.35. The maximum absolute atomic E-state index is 14.9. The number of rotatable bonds is 25. The van der Waals surface area contributed by atoms with Gasteiger partial charge in [0, 0.05) is 138 Å². The molecule has 7 aromatic heterocycles. The Balaban J connectivity index is 0.000000148. The minimum atomic E-state index is -1.65. The lowest BCUT2D eigenvalue weighted by Crippen LogP contribution is -2.52. The van der Waals surface area contributed by atoms with Crippen LogP contribution in [0, 0.1) is 11.6 Å². The second-order valence-electron chi connectivity index (χ2n) is 37.5. The Labute approximate surface area is 858 Å². The Hall–Kier alpha value is -16.9. The molecule has 0 unspecified atom stereocenters. The number of carbonyl (C=O) groups is 15. The summed E-state index contributed by atoms with van der Waals surface area (Å²) in [4.78, 5) is 218. The van der Waals surface area contributed by atoms with Gasteiger partial charge in [-0.3, -0.25) is 98.2 Å². The first-order valence-corrected chi connectivity index (χ1v) is 46.8. The van der Waals surface area contributed by atoms with Crippen LogP contribution in [-0.4, -0.2) is 265 Å². The largest absolute Gasteiger partial charge is 0.497 e. The SMILES string of the molecule is C.C.C.C.CCCN1CCN(c2ccc3oc([C@]4(CN5Cc6ccc(OC)c(F)c6C5=O)CC(=O)NC4=O)cc3n2)CC1.COc1ccc2c(c1)C(=O)N(C[C@@]1(c3cc4cc(C(=O)NCCN(C)C)c(F)cc4o3)CC(=O)NC1=O)C2.COc1ccc2c(c1)C(=O)N(C[C@@]1(c3cc4ccc(NC(C)=O)nc4o3)NC(=O)NC1=O)C2.COc1ccc2c(c1)C(=O)N(C[C@@]1(c3cc4nc(N5C[C@H](O)CC5=O)ccc4o3)CC(=O)NC1=O)C2. The summed E-state index contributed by atoms with van der Waals surface area (Å²) in [6, 6.07) is 37.0. The molecule has 10 aliphatic rings. The molecule has 10 aliphatic heterocycles. The fraction of sp³-hybridized carbons (Fsp3) is 0.358. The highest BCUT2D eigenvalue weighted by Gasteiger charge is 2.58. The smallest absolute Gasteiger partial charge is 0.322 e. The summed E-state index contributed by atoms with van der Waals surface area (Å²) in [5.41, 5.74) is 0.0846. The lowest BCUT2D eigenvalue weighted by molar-refractivity contribution is -0.128. The summed E-state index contributed by atoms with van der Waals surface area (Å²) in [6.45, 7) is 9.74. The van der Waals surface area contributed by atoms with Gasteiger partial charge in [0.25, 0.3) is 35.4 Å². The van der Waals surface area contributed by atoms with Gasteiger partial charge < -0.3 is 87.1 Å². The summed E-state index contributed by atoms with van der Waals surface area (Å²) in [6.07, 6.45) is -0.218. The standard InChI is InChI=1S/C28H30FN5O5.C27H27FN4O6.C25H22N4O7.C22H19N5O6.4CH4/c1-3-8-32-9-11-33(12-10-32)22-7-6-19-18(30-22)13-21(39-19)28(14-23(35)31-27(28)37)16-34-15-17-4-5-20(38-2)25(29)24(17)26(34)36;1-31(2)7-6-29-24(34)19-8-16-9-22(38-21(16)11-20(19)28)27(12-23(33)30-26(27)36)14-32-13-15-4-5-17(37-3)10-18(15)25(32)35;1-35-15-3-2-13-10-28(23(33)16(13)7-15)12-25(9-21(31)27-24(25)34)19-8-17-18(36-19)4-5-20(26-17)29-11-14(30)6-22(29)32;1-11(28)23-17-6-4-12-7-16(33-18(12)24-17)22(20(30)25-21(31)26-22)10-27-9-13-3-5-14(32-2)8-15(13)19(27)29;;;;/h4-7,13H,3,8-12,14-16H2,1-2H3,(H,31,35,37);4-5,8-11H,6-7,12-14H2,1-3H3,(H,29,34)(H,30,33,36);2-5,7-8,14,30H,6,9-12H2,1H3,(H,27,31,34);3-8H,9-10H2,1-2H3,(H,23,24,28)(H2,25,26,30,31);4*1H4/t28-;27-;14-,25-;22-;;;;/m1110..../s1. The summed E-state index contributed by atoms with van der Waals surface area (Å²) in [5.74, 6) is -4.08. The molecular weight excluding hydrogens is 1950 g/mol. The molecule has 0 radical (unpaired) electrons. The molecule has 22 rings (SSSR count). The molecule has 44 heteroatoms. The normalized spacial score (nSPS) is 20.4. The predicted octanol–water partition coefficient (Wildman–Crippen LogP) is 9.16. The molecule has 5 atom stereocenters. The first-order valence-electron chi connectivity index (χ1n) is 46.8. The van der Waals surface area contributed by atoms with Crippen molar-refractivity contribution in [2.45, 2.75) is 130 Å². The molecule has 5 aromatic carbocycles. The number of ether oxygens (including phenoxy) is 4. The Bertz CT molecular complexity index is 7510. The second kappa shape index (κ2) is 42.5. The molecule has 0 spiro atoms. The van der Waals surface area contributed by atoms with E-state index in [1.807, 2.05) is 37.2 Å². The average Bonchev–Trinajstić information content (AvgIpc) is 1.65. The number of methoxy groups -OCH3 is 4. The van der Waals surface area contributed by atoms with Crippen LogP contribution in [0.25, 0.3) is 44.3 Å². The molecule has 6 fully saturated rings. The first kappa shape index (κ1) is 107. The Morgan fingerprint density at radius 3 is 1.45 bits per heavy atom. The van der Waals surface area contributed by atoms with Crippen molar-refractivity contribution < 1.29 is 122 Å². The van der Waals surface area contributed by atoms with Gasteiger partial charge >= 0.3 is 6.03 Å². The Morgan fingerprint density at radius 2 is 0.987 bits per heavy atom. The minimum Gasteiger partial charge on any atom is -0.497 e. The zero-order valence-corrected chi connectivity index (χ0v) is 80.2. The van der Waals surface area contributed by atoms with Crippen LogP contribution in [0.1, 0.15) is 173 Å². The third-order valence-electron chi connectivity index (χ3n) is 27.6. The number of aliphatic hydroxyl groups excluding tert-OH is 1. The number of aliphatic hydroxyl groups is 1.